The van der Waals surface area contributed by atoms with Crippen LogP contribution in [0.15, 0.2) is 37.2 Å². The molecule has 1 aromatic heterocycles. The second-order valence-corrected chi connectivity index (χ2v) is 2.60. The van der Waals surface area contributed by atoms with Crippen molar-refractivity contribution in [2.75, 3.05) is 13.1 Å². The maximum atomic E-state index is 3.95. The lowest BCUT2D eigenvalue weighted by Gasteiger charge is -2.00. The molecule has 0 atom stereocenters. The lowest BCUT2D eigenvalue weighted by Crippen LogP contribution is -2.16. The third-order valence-corrected chi connectivity index (χ3v) is 1.63. The largest absolute Gasteiger partial charge is 0.313 e. The molecule has 0 aliphatic carbocycles. The zero-order chi connectivity index (χ0) is 8.65. The van der Waals surface area contributed by atoms with Crippen LogP contribution >= 0.6 is 0 Å². The SMILES string of the molecule is C=CCNCCc1ccncc1. The number of aromatic nitrogens is 1. The number of hydrogen-bond donors (Lipinski definition) is 1. The molecule has 2 nitrogen and oxygen atoms in total. The molecule has 0 bridgehead atoms. The van der Waals surface area contributed by atoms with Gasteiger partial charge >= 0.3 is 0 Å². The molecular weight excluding hydrogens is 148 g/mol. The van der Waals surface area contributed by atoms with Gasteiger partial charge in [-0.25, -0.2) is 0 Å². The molecule has 0 aliphatic rings. The Morgan fingerprint density at radius 1 is 1.42 bits per heavy atom. The third-order valence-electron chi connectivity index (χ3n) is 1.63. The summed E-state index contributed by atoms with van der Waals surface area (Å²) < 4.78 is 0. The van der Waals surface area contributed by atoms with Crippen LogP contribution in [0.3, 0.4) is 0 Å². The van der Waals surface area contributed by atoms with Crippen LogP contribution < -0.4 is 5.32 Å². The van der Waals surface area contributed by atoms with Gasteiger partial charge in [0, 0.05) is 18.9 Å². The Labute approximate surface area is 73.3 Å². The Balaban J connectivity index is 2.20. The Bertz CT molecular complexity index is 219. The Morgan fingerprint density at radius 2 is 2.17 bits per heavy atom. The highest BCUT2D eigenvalue weighted by atomic mass is 14.8. The van der Waals surface area contributed by atoms with E-state index in [0.29, 0.717) is 0 Å². The first kappa shape index (κ1) is 8.94. The molecule has 1 heterocycles. The Morgan fingerprint density at radius 3 is 2.83 bits per heavy atom. The van der Waals surface area contributed by atoms with Crippen LogP contribution in [-0.2, 0) is 6.42 Å². The predicted molar refractivity (Wildman–Crippen MR) is 51.0 cm³/mol. The normalized spacial score (nSPS) is 9.67. The maximum absolute atomic E-state index is 3.95. The van der Waals surface area contributed by atoms with Crippen LogP contribution in [0, 0.1) is 0 Å². The summed E-state index contributed by atoms with van der Waals surface area (Å²) in [4.78, 5) is 3.95. The standard InChI is InChI=1S/C10H14N2/c1-2-6-11-7-3-10-4-8-12-9-5-10/h2,4-5,8-9,11H,1,3,6-7H2. The smallest absolute Gasteiger partial charge is 0.0270 e. The van der Waals surface area contributed by atoms with E-state index in [0.717, 1.165) is 19.5 Å². The predicted octanol–water partition coefficient (Wildman–Crippen LogP) is 1.40. The van der Waals surface area contributed by atoms with Crippen molar-refractivity contribution in [2.45, 2.75) is 6.42 Å². The van der Waals surface area contributed by atoms with Gasteiger partial charge < -0.3 is 5.32 Å². The number of pyridine rings is 1. The van der Waals surface area contributed by atoms with Crippen molar-refractivity contribution in [2.24, 2.45) is 0 Å². The fourth-order valence-corrected chi connectivity index (χ4v) is 0.986. The van der Waals surface area contributed by atoms with E-state index >= 15 is 0 Å². The van der Waals surface area contributed by atoms with Gasteiger partial charge in [-0.1, -0.05) is 6.08 Å². The summed E-state index contributed by atoms with van der Waals surface area (Å²) >= 11 is 0. The number of nitrogens with zero attached hydrogens (tertiary/aromatic N) is 1. The van der Waals surface area contributed by atoms with Gasteiger partial charge in [-0.05, 0) is 30.7 Å². The number of nitrogens with one attached hydrogen (secondary N) is 1. The van der Waals surface area contributed by atoms with Gasteiger partial charge in [-0.15, -0.1) is 6.58 Å². The summed E-state index contributed by atoms with van der Waals surface area (Å²) in [7, 11) is 0. The summed E-state index contributed by atoms with van der Waals surface area (Å²) in [5, 5.41) is 3.25. The number of hydrogen-bond acceptors (Lipinski definition) is 2. The highest BCUT2D eigenvalue weighted by Crippen LogP contribution is 1.95. The molecule has 64 valence electrons. The van der Waals surface area contributed by atoms with Gasteiger partial charge in [-0.3, -0.25) is 4.98 Å². The van der Waals surface area contributed by atoms with Gasteiger partial charge in [0.15, 0.2) is 0 Å². The average molecular weight is 162 g/mol. The van der Waals surface area contributed by atoms with Crippen LogP contribution in [0.25, 0.3) is 0 Å². The molecule has 2 heteroatoms. The molecule has 1 rings (SSSR count). The summed E-state index contributed by atoms with van der Waals surface area (Å²) in [5.74, 6) is 0. The number of rotatable bonds is 5. The van der Waals surface area contributed by atoms with E-state index in [-0.39, 0.29) is 0 Å². The fourth-order valence-electron chi connectivity index (χ4n) is 0.986. The van der Waals surface area contributed by atoms with Crippen molar-refractivity contribution in [3.63, 3.8) is 0 Å². The average Bonchev–Trinajstić information content (AvgIpc) is 2.14. The van der Waals surface area contributed by atoms with E-state index < -0.39 is 0 Å². The van der Waals surface area contributed by atoms with E-state index in [4.69, 9.17) is 0 Å². The van der Waals surface area contributed by atoms with Gasteiger partial charge in [0.05, 0.1) is 0 Å². The Kier molecular flexibility index (Phi) is 4.09. The molecule has 12 heavy (non-hydrogen) atoms. The van der Waals surface area contributed by atoms with Crippen LogP contribution in [0.4, 0.5) is 0 Å². The maximum Gasteiger partial charge on any atom is 0.0270 e. The van der Waals surface area contributed by atoms with Crippen molar-refractivity contribution >= 4 is 0 Å². The minimum absolute atomic E-state index is 0.880. The van der Waals surface area contributed by atoms with E-state index in [9.17, 15) is 0 Å². The van der Waals surface area contributed by atoms with Crippen molar-refractivity contribution in [1.82, 2.24) is 10.3 Å². The molecule has 0 saturated heterocycles. The molecule has 1 N–H and O–H groups in total. The fraction of sp³-hybridized carbons (Fsp3) is 0.300. The highest BCUT2D eigenvalue weighted by molar-refractivity contribution is 5.09. The lowest BCUT2D eigenvalue weighted by molar-refractivity contribution is 0.744. The van der Waals surface area contributed by atoms with Crippen LogP contribution in [-0.4, -0.2) is 18.1 Å². The Hall–Kier alpha value is -1.15. The van der Waals surface area contributed by atoms with Crippen LogP contribution in [0.2, 0.25) is 0 Å². The molecule has 0 spiro atoms. The summed E-state index contributed by atoms with van der Waals surface area (Å²) in [6.45, 7) is 5.51. The zero-order valence-corrected chi connectivity index (χ0v) is 7.16. The van der Waals surface area contributed by atoms with E-state index in [1.807, 2.05) is 30.6 Å². The molecule has 0 unspecified atom stereocenters. The van der Waals surface area contributed by atoms with Crippen molar-refractivity contribution < 1.29 is 0 Å². The zero-order valence-electron chi connectivity index (χ0n) is 7.16. The van der Waals surface area contributed by atoms with Crippen molar-refractivity contribution in [3.05, 3.63) is 42.7 Å². The molecule has 0 amide bonds. The van der Waals surface area contributed by atoms with Gasteiger partial charge in [-0.2, -0.15) is 0 Å². The van der Waals surface area contributed by atoms with Crippen LogP contribution in [0.5, 0.6) is 0 Å². The highest BCUT2D eigenvalue weighted by Gasteiger charge is 1.89. The minimum atomic E-state index is 0.880. The molecular formula is C10H14N2. The molecule has 0 aliphatic heterocycles. The molecule has 0 aromatic carbocycles. The third kappa shape index (κ3) is 3.30. The molecule has 0 radical (unpaired) electrons. The summed E-state index contributed by atoms with van der Waals surface area (Å²) in [6.07, 6.45) is 6.56. The summed E-state index contributed by atoms with van der Waals surface area (Å²) in [6, 6.07) is 4.07. The van der Waals surface area contributed by atoms with Gasteiger partial charge in [0.25, 0.3) is 0 Å². The summed E-state index contributed by atoms with van der Waals surface area (Å²) in [5.41, 5.74) is 1.32. The first-order valence-corrected chi connectivity index (χ1v) is 4.14. The quantitative estimate of drug-likeness (QED) is 0.523. The molecule has 1 aromatic rings. The first-order valence-electron chi connectivity index (χ1n) is 4.14. The van der Waals surface area contributed by atoms with Crippen molar-refractivity contribution in [3.8, 4) is 0 Å². The van der Waals surface area contributed by atoms with E-state index in [1.54, 1.807) is 0 Å². The first-order chi connectivity index (χ1) is 5.93. The van der Waals surface area contributed by atoms with E-state index in [1.165, 1.54) is 5.56 Å². The molecule has 0 fully saturated rings. The van der Waals surface area contributed by atoms with Gasteiger partial charge in [0.2, 0.25) is 0 Å². The molecule has 0 saturated carbocycles. The van der Waals surface area contributed by atoms with Crippen molar-refractivity contribution in [1.29, 1.82) is 0 Å². The van der Waals surface area contributed by atoms with Crippen LogP contribution in [0.1, 0.15) is 5.56 Å². The monoisotopic (exact) mass is 162 g/mol. The topological polar surface area (TPSA) is 24.9 Å². The minimum Gasteiger partial charge on any atom is -0.313 e. The second-order valence-electron chi connectivity index (χ2n) is 2.60. The second kappa shape index (κ2) is 5.49. The van der Waals surface area contributed by atoms with E-state index in [2.05, 4.69) is 16.9 Å². The lowest BCUT2D eigenvalue weighted by atomic mass is 10.2. The van der Waals surface area contributed by atoms with Gasteiger partial charge in [0.1, 0.15) is 0 Å².